The number of benzene rings is 5. The van der Waals surface area contributed by atoms with Gasteiger partial charge in [0, 0.05) is 17.1 Å². The highest BCUT2D eigenvalue weighted by Crippen LogP contribution is 2.35. The first-order valence-electron chi connectivity index (χ1n) is 11.3. The molecular weight excluding hydrogens is 417 g/mol. The maximum Gasteiger partial charge on any atom is 0.488 e. The Kier molecular flexibility index (Phi) is 6.26. The van der Waals surface area contributed by atoms with Crippen molar-refractivity contribution in [3.05, 3.63) is 133 Å². The molecule has 0 bridgehead atoms. The molecule has 5 aromatic carbocycles. The van der Waals surface area contributed by atoms with E-state index in [-0.39, 0.29) is 0 Å². The molecule has 0 unspecified atom stereocenters. The van der Waals surface area contributed by atoms with Gasteiger partial charge < -0.3 is 14.9 Å². The second-order valence-corrected chi connectivity index (χ2v) is 8.13. The van der Waals surface area contributed by atoms with Gasteiger partial charge in [-0.15, -0.1) is 0 Å². The summed E-state index contributed by atoms with van der Waals surface area (Å²) in [5, 5.41) is 18.9. The van der Waals surface area contributed by atoms with E-state index in [2.05, 4.69) is 89.8 Å². The summed E-state index contributed by atoms with van der Waals surface area (Å²) in [6.45, 7) is 0. The highest BCUT2D eigenvalue weighted by molar-refractivity contribution is 6.58. The first-order chi connectivity index (χ1) is 16.7. The van der Waals surface area contributed by atoms with Crippen LogP contribution in [-0.2, 0) is 0 Å². The van der Waals surface area contributed by atoms with Crippen molar-refractivity contribution in [1.82, 2.24) is 0 Å². The van der Waals surface area contributed by atoms with Gasteiger partial charge in [0.05, 0.1) is 0 Å². The van der Waals surface area contributed by atoms with Crippen molar-refractivity contribution in [3.63, 3.8) is 0 Å². The molecule has 0 fully saturated rings. The minimum Gasteiger partial charge on any atom is -0.423 e. The van der Waals surface area contributed by atoms with Crippen molar-refractivity contribution < 1.29 is 10.0 Å². The molecule has 0 aliphatic heterocycles. The second kappa shape index (κ2) is 9.80. The summed E-state index contributed by atoms with van der Waals surface area (Å²) >= 11 is 0. The van der Waals surface area contributed by atoms with E-state index in [9.17, 15) is 10.0 Å². The molecule has 3 nitrogen and oxygen atoms in total. The zero-order chi connectivity index (χ0) is 23.3. The smallest absolute Gasteiger partial charge is 0.423 e. The third-order valence-corrected chi connectivity index (χ3v) is 5.89. The van der Waals surface area contributed by atoms with Gasteiger partial charge in [0.1, 0.15) is 0 Å². The van der Waals surface area contributed by atoms with Crippen LogP contribution < -0.4 is 10.4 Å². The minimum atomic E-state index is -1.48. The van der Waals surface area contributed by atoms with E-state index in [1.807, 2.05) is 36.4 Å². The normalized spacial score (nSPS) is 10.6. The fraction of sp³-hybridized carbons (Fsp3) is 0. The second-order valence-electron chi connectivity index (χ2n) is 8.13. The standard InChI is InChI=1S/C30H24BNO2/c33-31(34)27-16-20-30(21-17-27)32(28-12-5-2-6-13-28)29-18-14-24(15-19-29)26-11-7-10-25(22-26)23-8-3-1-4-9-23/h1-22,33-34H. The van der Waals surface area contributed by atoms with E-state index in [0.29, 0.717) is 5.46 Å². The third kappa shape index (κ3) is 4.64. The van der Waals surface area contributed by atoms with Crippen molar-refractivity contribution >= 4 is 29.6 Å². The van der Waals surface area contributed by atoms with E-state index < -0.39 is 7.12 Å². The maximum atomic E-state index is 9.46. The van der Waals surface area contributed by atoms with Crippen molar-refractivity contribution in [3.8, 4) is 22.3 Å². The van der Waals surface area contributed by atoms with E-state index in [0.717, 1.165) is 22.6 Å². The molecule has 0 heterocycles. The summed E-state index contributed by atoms with van der Waals surface area (Å²) in [5.41, 5.74) is 8.16. The number of rotatable bonds is 6. The van der Waals surface area contributed by atoms with Gasteiger partial charge in [0.15, 0.2) is 0 Å². The Morgan fingerprint density at radius 3 is 1.41 bits per heavy atom. The monoisotopic (exact) mass is 441 g/mol. The Balaban J connectivity index is 1.50. The average molecular weight is 441 g/mol. The molecule has 0 aliphatic rings. The summed E-state index contributed by atoms with van der Waals surface area (Å²) in [4.78, 5) is 2.15. The van der Waals surface area contributed by atoms with Crippen molar-refractivity contribution in [2.24, 2.45) is 0 Å². The molecule has 5 rings (SSSR count). The lowest BCUT2D eigenvalue weighted by Gasteiger charge is -2.26. The summed E-state index contributed by atoms with van der Waals surface area (Å²) in [5.74, 6) is 0. The predicted molar refractivity (Wildman–Crippen MR) is 142 cm³/mol. The van der Waals surface area contributed by atoms with Gasteiger partial charge in [-0.05, 0) is 70.2 Å². The SMILES string of the molecule is OB(O)c1ccc(N(c2ccccc2)c2ccc(-c3cccc(-c4ccccc4)c3)cc2)cc1. The minimum absolute atomic E-state index is 0.463. The van der Waals surface area contributed by atoms with Gasteiger partial charge in [0.2, 0.25) is 0 Å². The Labute approximate surface area is 200 Å². The van der Waals surface area contributed by atoms with Crippen LogP contribution in [0.25, 0.3) is 22.3 Å². The van der Waals surface area contributed by atoms with Crippen LogP contribution in [0.5, 0.6) is 0 Å². The number of anilines is 3. The van der Waals surface area contributed by atoms with Gasteiger partial charge in [0.25, 0.3) is 0 Å². The fourth-order valence-electron chi connectivity index (χ4n) is 4.13. The van der Waals surface area contributed by atoms with Crippen LogP contribution in [0.15, 0.2) is 133 Å². The highest BCUT2D eigenvalue weighted by Gasteiger charge is 2.15. The van der Waals surface area contributed by atoms with Crippen LogP contribution in [0.4, 0.5) is 17.1 Å². The molecule has 0 aliphatic carbocycles. The average Bonchev–Trinajstić information content (AvgIpc) is 2.91. The Bertz CT molecular complexity index is 1350. The molecule has 0 aromatic heterocycles. The molecule has 0 radical (unpaired) electrons. The molecule has 4 heteroatoms. The number of nitrogens with zero attached hydrogens (tertiary/aromatic N) is 1. The lowest BCUT2D eigenvalue weighted by atomic mass is 9.80. The molecule has 5 aromatic rings. The number of para-hydroxylation sites is 1. The van der Waals surface area contributed by atoms with E-state index in [1.165, 1.54) is 16.7 Å². The molecule has 2 N–H and O–H groups in total. The van der Waals surface area contributed by atoms with Crippen LogP contribution in [0.1, 0.15) is 0 Å². The zero-order valence-corrected chi connectivity index (χ0v) is 18.6. The van der Waals surface area contributed by atoms with Gasteiger partial charge in [-0.1, -0.05) is 91.0 Å². The Morgan fingerprint density at radius 2 is 0.853 bits per heavy atom. The Morgan fingerprint density at radius 1 is 0.412 bits per heavy atom. The molecule has 0 saturated heterocycles. The maximum absolute atomic E-state index is 9.46. The number of hydrogen-bond donors (Lipinski definition) is 2. The third-order valence-electron chi connectivity index (χ3n) is 5.89. The van der Waals surface area contributed by atoms with Crippen LogP contribution in [-0.4, -0.2) is 17.2 Å². The van der Waals surface area contributed by atoms with E-state index >= 15 is 0 Å². The van der Waals surface area contributed by atoms with Gasteiger partial charge in [-0.25, -0.2) is 0 Å². The molecular formula is C30H24BNO2. The van der Waals surface area contributed by atoms with Gasteiger partial charge in [-0.3, -0.25) is 0 Å². The first-order valence-corrected chi connectivity index (χ1v) is 11.3. The molecule has 0 amide bonds. The zero-order valence-electron chi connectivity index (χ0n) is 18.6. The topological polar surface area (TPSA) is 43.7 Å². The van der Waals surface area contributed by atoms with Crippen molar-refractivity contribution in [1.29, 1.82) is 0 Å². The van der Waals surface area contributed by atoms with Crippen LogP contribution in [0.2, 0.25) is 0 Å². The highest BCUT2D eigenvalue weighted by atomic mass is 16.4. The first kappa shape index (κ1) is 21.7. The van der Waals surface area contributed by atoms with Crippen molar-refractivity contribution in [2.75, 3.05) is 4.90 Å². The van der Waals surface area contributed by atoms with Crippen LogP contribution in [0.3, 0.4) is 0 Å². The summed E-state index contributed by atoms with van der Waals surface area (Å²) in [7, 11) is -1.48. The van der Waals surface area contributed by atoms with E-state index in [1.54, 1.807) is 12.1 Å². The summed E-state index contributed by atoms with van der Waals surface area (Å²) in [6, 6.07) is 44.9. The molecule has 0 saturated carbocycles. The largest absolute Gasteiger partial charge is 0.488 e. The quantitative estimate of drug-likeness (QED) is 0.310. The number of hydrogen-bond acceptors (Lipinski definition) is 3. The van der Waals surface area contributed by atoms with Crippen molar-refractivity contribution in [2.45, 2.75) is 0 Å². The molecule has 0 spiro atoms. The molecule has 0 atom stereocenters. The van der Waals surface area contributed by atoms with Crippen LogP contribution >= 0.6 is 0 Å². The van der Waals surface area contributed by atoms with Gasteiger partial charge >= 0.3 is 7.12 Å². The molecule has 164 valence electrons. The van der Waals surface area contributed by atoms with Gasteiger partial charge in [-0.2, -0.15) is 0 Å². The van der Waals surface area contributed by atoms with E-state index in [4.69, 9.17) is 0 Å². The predicted octanol–water partition coefficient (Wildman–Crippen LogP) is 6.17. The fourth-order valence-corrected chi connectivity index (χ4v) is 4.13. The van der Waals surface area contributed by atoms with Crippen LogP contribution in [0, 0.1) is 0 Å². The summed E-state index contributed by atoms with van der Waals surface area (Å²) < 4.78 is 0. The molecule has 34 heavy (non-hydrogen) atoms. The summed E-state index contributed by atoms with van der Waals surface area (Å²) in [6.07, 6.45) is 0. The Hall–Kier alpha value is -4.12. The lowest BCUT2D eigenvalue weighted by molar-refractivity contribution is 0.426. The lowest BCUT2D eigenvalue weighted by Crippen LogP contribution is -2.29.